The van der Waals surface area contributed by atoms with Gasteiger partial charge in [0, 0.05) is 20.1 Å². The molecule has 1 aromatic carbocycles. The lowest BCUT2D eigenvalue weighted by Crippen LogP contribution is -2.42. The van der Waals surface area contributed by atoms with E-state index in [1.54, 1.807) is 46.0 Å². The largest absolute Gasteiger partial charge is 0.356 e. The van der Waals surface area contributed by atoms with Crippen LogP contribution in [0.5, 0.6) is 0 Å². The highest BCUT2D eigenvalue weighted by Crippen LogP contribution is 2.15. The van der Waals surface area contributed by atoms with Crippen molar-refractivity contribution in [2.45, 2.75) is 31.9 Å². The fourth-order valence-electron chi connectivity index (χ4n) is 1.85. The van der Waals surface area contributed by atoms with Crippen LogP contribution in [0.1, 0.15) is 26.3 Å². The summed E-state index contributed by atoms with van der Waals surface area (Å²) in [6.07, 6.45) is 0.521. The number of rotatable bonds is 6. The highest BCUT2D eigenvalue weighted by atomic mass is 32.2. The van der Waals surface area contributed by atoms with Gasteiger partial charge in [0.25, 0.3) is 0 Å². The van der Waals surface area contributed by atoms with E-state index in [4.69, 9.17) is 0 Å². The van der Waals surface area contributed by atoms with Crippen LogP contribution in [0.25, 0.3) is 0 Å². The van der Waals surface area contributed by atoms with Crippen molar-refractivity contribution in [1.82, 2.24) is 10.6 Å². The third-order valence-electron chi connectivity index (χ3n) is 3.46. The molecular weight excluding hydrogens is 317 g/mol. The maximum Gasteiger partial charge on any atom is 0.191 e. The van der Waals surface area contributed by atoms with Gasteiger partial charge in [-0.3, -0.25) is 4.99 Å². The molecule has 0 fully saturated rings. The molecule has 1 aromatic rings. The number of benzene rings is 1. The molecule has 0 heterocycles. The highest BCUT2D eigenvalue weighted by Gasteiger charge is 2.28. The molecule has 0 aliphatic carbocycles. The zero-order valence-electron chi connectivity index (χ0n) is 14.2. The summed E-state index contributed by atoms with van der Waals surface area (Å²) >= 11 is 0. The molecule has 0 saturated heterocycles. The van der Waals surface area contributed by atoms with E-state index >= 15 is 0 Å². The lowest BCUT2D eigenvalue weighted by Gasteiger charge is -2.19. The Bertz CT molecular complexity index is 637. The predicted molar refractivity (Wildman–Crippen MR) is 93.0 cm³/mol. The first-order valence-corrected chi connectivity index (χ1v) is 9.23. The Labute approximate surface area is 138 Å². The number of nitrogens with one attached hydrogen (secondary N) is 2. The van der Waals surface area contributed by atoms with Crippen LogP contribution in [-0.4, -0.2) is 45.0 Å². The van der Waals surface area contributed by atoms with Crippen molar-refractivity contribution >= 4 is 15.8 Å². The fourth-order valence-corrected chi connectivity index (χ4v) is 2.83. The van der Waals surface area contributed by atoms with Gasteiger partial charge < -0.3 is 10.6 Å². The first-order chi connectivity index (χ1) is 10.7. The van der Waals surface area contributed by atoms with Gasteiger partial charge >= 0.3 is 0 Å². The molecule has 23 heavy (non-hydrogen) atoms. The molecular formula is C16H26FN3O2S. The fraction of sp³-hybridized carbons (Fsp3) is 0.562. The van der Waals surface area contributed by atoms with E-state index in [1.165, 1.54) is 6.07 Å². The van der Waals surface area contributed by atoms with Crippen LogP contribution < -0.4 is 10.6 Å². The summed E-state index contributed by atoms with van der Waals surface area (Å²) in [6.45, 7) is 5.84. The van der Waals surface area contributed by atoms with Crippen LogP contribution >= 0.6 is 0 Å². The van der Waals surface area contributed by atoms with Gasteiger partial charge in [0.1, 0.15) is 5.82 Å². The molecule has 130 valence electrons. The maximum absolute atomic E-state index is 13.5. The van der Waals surface area contributed by atoms with Gasteiger partial charge in [0.2, 0.25) is 0 Å². The Morgan fingerprint density at radius 3 is 2.35 bits per heavy atom. The summed E-state index contributed by atoms with van der Waals surface area (Å²) in [5, 5.41) is 6.01. The van der Waals surface area contributed by atoms with E-state index in [1.807, 2.05) is 0 Å². The molecule has 0 bridgehead atoms. The van der Waals surface area contributed by atoms with E-state index in [0.29, 0.717) is 24.5 Å². The van der Waals surface area contributed by atoms with E-state index in [9.17, 15) is 12.8 Å². The van der Waals surface area contributed by atoms with Crippen LogP contribution in [0.4, 0.5) is 4.39 Å². The second kappa shape index (κ2) is 8.29. The van der Waals surface area contributed by atoms with Crippen LogP contribution in [0.3, 0.4) is 0 Å². The lowest BCUT2D eigenvalue weighted by molar-refractivity contribution is 0.559. The van der Waals surface area contributed by atoms with Gasteiger partial charge in [-0.25, -0.2) is 12.8 Å². The summed E-state index contributed by atoms with van der Waals surface area (Å²) in [6, 6.07) is 6.62. The third-order valence-corrected chi connectivity index (χ3v) is 6.07. The van der Waals surface area contributed by atoms with Crippen molar-refractivity contribution in [2.75, 3.05) is 25.9 Å². The molecule has 0 unspecified atom stereocenters. The molecule has 5 nitrogen and oxygen atoms in total. The van der Waals surface area contributed by atoms with Crippen molar-refractivity contribution in [1.29, 1.82) is 0 Å². The van der Waals surface area contributed by atoms with Gasteiger partial charge in [-0.1, -0.05) is 18.2 Å². The first-order valence-electron chi connectivity index (χ1n) is 7.57. The Morgan fingerprint density at radius 1 is 1.17 bits per heavy atom. The molecule has 1 rings (SSSR count). The second-order valence-corrected chi connectivity index (χ2v) is 9.06. The van der Waals surface area contributed by atoms with Crippen LogP contribution in [0.2, 0.25) is 0 Å². The smallest absolute Gasteiger partial charge is 0.191 e. The minimum atomic E-state index is -3.17. The van der Waals surface area contributed by atoms with E-state index < -0.39 is 14.6 Å². The standard InChI is InChI=1S/C16H26FN3O2S/c1-16(2,3)23(21,22)12-11-20-15(18-4)19-10-9-13-7-5-6-8-14(13)17/h5-8H,9-12H2,1-4H3,(H2,18,19,20). The van der Waals surface area contributed by atoms with Crippen LogP contribution in [0.15, 0.2) is 29.3 Å². The van der Waals surface area contributed by atoms with Crippen molar-refractivity contribution in [3.05, 3.63) is 35.6 Å². The summed E-state index contributed by atoms with van der Waals surface area (Å²) in [5.74, 6) is 0.309. The zero-order valence-corrected chi connectivity index (χ0v) is 15.0. The Kier molecular flexibility index (Phi) is 7.00. The normalized spacial score (nSPS) is 13.0. The highest BCUT2D eigenvalue weighted by molar-refractivity contribution is 7.92. The monoisotopic (exact) mass is 343 g/mol. The van der Waals surface area contributed by atoms with E-state index in [0.717, 1.165) is 0 Å². The van der Waals surface area contributed by atoms with E-state index in [-0.39, 0.29) is 18.1 Å². The number of nitrogens with zero attached hydrogens (tertiary/aromatic N) is 1. The SMILES string of the molecule is CN=C(NCCc1ccccc1F)NCCS(=O)(=O)C(C)(C)C. The number of halogens is 1. The maximum atomic E-state index is 13.5. The van der Waals surface area contributed by atoms with Crippen molar-refractivity contribution < 1.29 is 12.8 Å². The summed E-state index contributed by atoms with van der Waals surface area (Å²) in [4.78, 5) is 4.03. The number of hydrogen-bond acceptors (Lipinski definition) is 3. The predicted octanol–water partition coefficient (Wildman–Crippen LogP) is 1.75. The van der Waals surface area contributed by atoms with Gasteiger partial charge in [0.15, 0.2) is 15.8 Å². The van der Waals surface area contributed by atoms with Crippen LogP contribution in [-0.2, 0) is 16.3 Å². The molecule has 7 heteroatoms. The number of guanidine groups is 1. The van der Waals surface area contributed by atoms with Crippen molar-refractivity contribution in [3.8, 4) is 0 Å². The molecule has 0 aliphatic rings. The Balaban J connectivity index is 2.40. The van der Waals surface area contributed by atoms with Gasteiger partial charge in [-0.05, 0) is 38.8 Å². The number of sulfone groups is 1. The molecule has 0 amide bonds. The Morgan fingerprint density at radius 2 is 1.78 bits per heavy atom. The average Bonchev–Trinajstić information content (AvgIpc) is 2.46. The molecule has 0 aliphatic heterocycles. The van der Waals surface area contributed by atoms with Crippen molar-refractivity contribution in [3.63, 3.8) is 0 Å². The quantitative estimate of drug-likeness (QED) is 0.610. The summed E-state index contributed by atoms with van der Waals surface area (Å²) < 4.78 is 36.8. The zero-order chi connectivity index (χ0) is 17.5. The number of hydrogen-bond donors (Lipinski definition) is 2. The molecule has 0 saturated carbocycles. The first kappa shape index (κ1) is 19.4. The molecule has 2 N–H and O–H groups in total. The van der Waals surface area contributed by atoms with Gasteiger partial charge in [-0.15, -0.1) is 0 Å². The van der Waals surface area contributed by atoms with E-state index in [2.05, 4.69) is 15.6 Å². The van der Waals surface area contributed by atoms with Gasteiger partial charge in [-0.2, -0.15) is 0 Å². The minimum Gasteiger partial charge on any atom is -0.356 e. The molecule has 0 aromatic heterocycles. The second-order valence-electron chi connectivity index (χ2n) is 6.20. The average molecular weight is 343 g/mol. The third kappa shape index (κ3) is 6.17. The summed E-state index contributed by atoms with van der Waals surface area (Å²) in [7, 11) is -1.56. The Hall–Kier alpha value is -1.63. The minimum absolute atomic E-state index is 0.0323. The molecule has 0 atom stereocenters. The summed E-state index contributed by atoms with van der Waals surface area (Å²) in [5.41, 5.74) is 0.630. The molecule has 0 spiro atoms. The van der Waals surface area contributed by atoms with Crippen LogP contribution in [0, 0.1) is 5.82 Å². The van der Waals surface area contributed by atoms with Crippen molar-refractivity contribution in [2.24, 2.45) is 4.99 Å². The lowest BCUT2D eigenvalue weighted by atomic mass is 10.1. The van der Waals surface area contributed by atoms with Gasteiger partial charge in [0.05, 0.1) is 10.5 Å². The molecule has 0 radical (unpaired) electrons. The topological polar surface area (TPSA) is 70.6 Å². The number of aliphatic imine (C=N–C) groups is 1.